The van der Waals surface area contributed by atoms with Gasteiger partial charge in [-0.05, 0) is 43.3 Å². The second-order valence-electron chi connectivity index (χ2n) is 4.62. The van der Waals surface area contributed by atoms with Gasteiger partial charge in [-0.2, -0.15) is 13.2 Å². The predicted molar refractivity (Wildman–Crippen MR) is 74.6 cm³/mol. The van der Waals surface area contributed by atoms with Crippen molar-refractivity contribution in [3.8, 4) is 11.5 Å². The highest BCUT2D eigenvalue weighted by Gasteiger charge is 2.33. The van der Waals surface area contributed by atoms with E-state index in [9.17, 15) is 28.1 Å². The molecule has 0 aliphatic heterocycles. The molecule has 0 fully saturated rings. The van der Waals surface area contributed by atoms with Gasteiger partial charge < -0.3 is 4.74 Å². The Balaban J connectivity index is 2.35. The Kier molecular flexibility index (Phi) is 4.35. The smallest absolute Gasteiger partial charge is 0.416 e. The molecule has 5 nitrogen and oxygen atoms in total. The summed E-state index contributed by atoms with van der Waals surface area (Å²) in [6.07, 6.45) is -4.69. The number of alkyl halides is 3. The zero-order valence-electron chi connectivity index (χ0n) is 11.8. The molecule has 0 saturated heterocycles. The number of carbonyl (C=O) groups is 1. The zero-order chi connectivity index (χ0) is 17.2. The third-order valence-corrected chi connectivity index (χ3v) is 2.97. The molecule has 0 amide bonds. The monoisotopic (exact) mass is 325 g/mol. The molecule has 0 bridgehead atoms. The summed E-state index contributed by atoms with van der Waals surface area (Å²) in [4.78, 5) is 21.2. The van der Waals surface area contributed by atoms with E-state index < -0.39 is 22.4 Å². The normalized spacial score (nSPS) is 11.1. The molecule has 0 heterocycles. The summed E-state index contributed by atoms with van der Waals surface area (Å²) in [6, 6.07) is 7.71. The van der Waals surface area contributed by atoms with Crippen molar-refractivity contribution in [3.05, 3.63) is 63.7 Å². The third-order valence-electron chi connectivity index (χ3n) is 2.97. The highest BCUT2D eigenvalue weighted by atomic mass is 19.4. The fraction of sp³-hybridized carbons (Fsp3) is 0.133. The van der Waals surface area contributed by atoms with Crippen molar-refractivity contribution >= 4 is 11.5 Å². The van der Waals surface area contributed by atoms with Crippen molar-refractivity contribution in [2.45, 2.75) is 13.1 Å². The molecule has 0 aliphatic carbocycles. The second-order valence-corrected chi connectivity index (χ2v) is 4.62. The van der Waals surface area contributed by atoms with Crippen molar-refractivity contribution in [2.75, 3.05) is 0 Å². The molecule has 0 aromatic heterocycles. The molecule has 0 saturated carbocycles. The van der Waals surface area contributed by atoms with E-state index in [-0.39, 0.29) is 17.3 Å². The molecule has 120 valence electrons. The van der Waals surface area contributed by atoms with Gasteiger partial charge in [-0.1, -0.05) is 0 Å². The summed E-state index contributed by atoms with van der Waals surface area (Å²) in [5.41, 5.74) is -1.52. The molecule has 8 heteroatoms. The van der Waals surface area contributed by atoms with Crippen molar-refractivity contribution in [1.29, 1.82) is 0 Å². The van der Waals surface area contributed by atoms with Crippen molar-refractivity contribution < 1.29 is 27.6 Å². The average Bonchev–Trinajstić information content (AvgIpc) is 2.46. The van der Waals surface area contributed by atoms with E-state index in [2.05, 4.69) is 0 Å². The molecular formula is C15H10F3NO4. The Morgan fingerprint density at radius 2 is 1.74 bits per heavy atom. The first-order chi connectivity index (χ1) is 10.7. The maximum absolute atomic E-state index is 12.6. The summed E-state index contributed by atoms with van der Waals surface area (Å²) >= 11 is 0. The number of ketones is 1. The van der Waals surface area contributed by atoms with Crippen LogP contribution >= 0.6 is 0 Å². The molecule has 0 atom stereocenters. The molecule has 0 unspecified atom stereocenters. The molecular weight excluding hydrogens is 315 g/mol. The van der Waals surface area contributed by atoms with Gasteiger partial charge in [0.1, 0.15) is 5.75 Å². The van der Waals surface area contributed by atoms with Gasteiger partial charge in [0.05, 0.1) is 10.5 Å². The number of halogens is 3. The number of hydrogen-bond donors (Lipinski definition) is 0. The SMILES string of the molecule is CC(=O)c1ccc(Oc2ccc(C(F)(F)F)cc2[N+](=O)[O-])cc1. The molecule has 23 heavy (non-hydrogen) atoms. The number of rotatable bonds is 4. The van der Waals surface area contributed by atoms with Crippen LogP contribution in [0.1, 0.15) is 22.8 Å². The Hall–Kier alpha value is -2.90. The van der Waals surface area contributed by atoms with Crippen molar-refractivity contribution in [2.24, 2.45) is 0 Å². The Bertz CT molecular complexity index is 754. The fourth-order valence-corrected chi connectivity index (χ4v) is 1.81. The van der Waals surface area contributed by atoms with Crippen LogP contribution in [-0.2, 0) is 6.18 Å². The number of carbonyl (C=O) groups excluding carboxylic acids is 1. The zero-order valence-corrected chi connectivity index (χ0v) is 11.8. The number of hydrogen-bond acceptors (Lipinski definition) is 4. The third kappa shape index (κ3) is 3.85. The van der Waals surface area contributed by atoms with Gasteiger partial charge in [0.2, 0.25) is 5.75 Å². The Morgan fingerprint density at radius 3 is 2.22 bits per heavy atom. The van der Waals surface area contributed by atoms with Crippen LogP contribution in [0.5, 0.6) is 11.5 Å². The van der Waals surface area contributed by atoms with Gasteiger partial charge in [0, 0.05) is 11.6 Å². The highest BCUT2D eigenvalue weighted by Crippen LogP contribution is 2.37. The van der Waals surface area contributed by atoms with E-state index in [1.165, 1.54) is 31.2 Å². The number of nitrogens with zero attached hydrogens (tertiary/aromatic N) is 1. The molecule has 0 aliphatic rings. The van der Waals surface area contributed by atoms with E-state index >= 15 is 0 Å². The van der Waals surface area contributed by atoms with Crippen LogP contribution in [0.4, 0.5) is 18.9 Å². The second kappa shape index (κ2) is 6.07. The van der Waals surface area contributed by atoms with Crippen molar-refractivity contribution in [1.82, 2.24) is 0 Å². The number of nitro benzene ring substituents is 1. The fourth-order valence-electron chi connectivity index (χ4n) is 1.81. The summed E-state index contributed by atoms with van der Waals surface area (Å²) < 4.78 is 43.1. The van der Waals surface area contributed by atoms with E-state index in [4.69, 9.17) is 4.74 Å². The van der Waals surface area contributed by atoms with Crippen LogP contribution in [0.3, 0.4) is 0 Å². The first-order valence-electron chi connectivity index (χ1n) is 6.33. The van der Waals surface area contributed by atoms with E-state index in [0.717, 1.165) is 6.07 Å². The quantitative estimate of drug-likeness (QED) is 0.468. The lowest BCUT2D eigenvalue weighted by Gasteiger charge is -2.10. The molecule has 2 rings (SSSR count). The number of ether oxygens (including phenoxy) is 1. The van der Waals surface area contributed by atoms with Gasteiger partial charge in [-0.25, -0.2) is 0 Å². The minimum absolute atomic E-state index is 0.165. The van der Waals surface area contributed by atoms with Gasteiger partial charge in [-0.15, -0.1) is 0 Å². The first-order valence-corrected chi connectivity index (χ1v) is 6.33. The lowest BCUT2D eigenvalue weighted by molar-refractivity contribution is -0.385. The molecule has 0 N–H and O–H groups in total. The van der Waals surface area contributed by atoms with Crippen LogP contribution in [0.2, 0.25) is 0 Å². The standard InChI is InChI=1S/C15H10F3NO4/c1-9(20)10-2-5-12(6-3-10)23-14-7-4-11(15(16,17)18)8-13(14)19(21)22/h2-8H,1H3. The lowest BCUT2D eigenvalue weighted by Crippen LogP contribution is -2.06. The first kappa shape index (κ1) is 16.5. The maximum Gasteiger partial charge on any atom is 0.416 e. The maximum atomic E-state index is 12.6. The van der Waals surface area contributed by atoms with E-state index in [0.29, 0.717) is 17.7 Å². The van der Waals surface area contributed by atoms with Crippen LogP contribution in [-0.4, -0.2) is 10.7 Å². The molecule has 2 aromatic carbocycles. The van der Waals surface area contributed by atoms with Crippen LogP contribution in [0.15, 0.2) is 42.5 Å². The largest absolute Gasteiger partial charge is 0.450 e. The summed E-state index contributed by atoms with van der Waals surface area (Å²) in [5, 5.41) is 10.9. The van der Waals surface area contributed by atoms with Gasteiger partial charge in [-0.3, -0.25) is 14.9 Å². The van der Waals surface area contributed by atoms with E-state index in [1.807, 2.05) is 0 Å². The van der Waals surface area contributed by atoms with E-state index in [1.54, 1.807) is 0 Å². The van der Waals surface area contributed by atoms with Gasteiger partial charge in [0.25, 0.3) is 0 Å². The summed E-state index contributed by atoms with van der Waals surface area (Å²) in [7, 11) is 0. The van der Waals surface area contributed by atoms with Crippen LogP contribution in [0, 0.1) is 10.1 Å². The van der Waals surface area contributed by atoms with Crippen LogP contribution < -0.4 is 4.74 Å². The average molecular weight is 325 g/mol. The molecule has 0 radical (unpaired) electrons. The topological polar surface area (TPSA) is 69.4 Å². The summed E-state index contributed by atoms with van der Waals surface area (Å²) in [5.74, 6) is -0.325. The van der Waals surface area contributed by atoms with Crippen molar-refractivity contribution in [3.63, 3.8) is 0 Å². The lowest BCUT2D eigenvalue weighted by atomic mass is 10.1. The summed E-state index contributed by atoms with van der Waals surface area (Å²) in [6.45, 7) is 1.37. The number of Topliss-reactive ketones (excluding diaryl/α,β-unsaturated/α-hetero) is 1. The Morgan fingerprint density at radius 1 is 1.13 bits per heavy atom. The minimum Gasteiger partial charge on any atom is -0.450 e. The minimum atomic E-state index is -4.69. The highest BCUT2D eigenvalue weighted by molar-refractivity contribution is 5.94. The van der Waals surface area contributed by atoms with Gasteiger partial charge in [0.15, 0.2) is 5.78 Å². The van der Waals surface area contributed by atoms with Crippen LogP contribution in [0.25, 0.3) is 0 Å². The predicted octanol–water partition coefficient (Wildman–Crippen LogP) is 4.61. The Labute approximate surface area is 128 Å². The molecule has 2 aromatic rings. The number of benzene rings is 2. The van der Waals surface area contributed by atoms with Gasteiger partial charge >= 0.3 is 11.9 Å². The molecule has 0 spiro atoms. The number of nitro groups is 1.